The number of aromatic nitrogens is 5. The second-order valence-corrected chi connectivity index (χ2v) is 9.84. The smallest absolute Gasteiger partial charge is 0.229 e. The molecule has 4 aromatic rings. The average molecular weight is 492 g/mol. The van der Waals surface area contributed by atoms with Crippen LogP contribution in [0, 0.1) is 24.5 Å². The summed E-state index contributed by atoms with van der Waals surface area (Å²) in [5, 5.41) is 6.52. The van der Waals surface area contributed by atoms with Crippen molar-refractivity contribution in [3.05, 3.63) is 59.7 Å². The molecule has 36 heavy (non-hydrogen) atoms. The van der Waals surface area contributed by atoms with Gasteiger partial charge in [-0.2, -0.15) is 0 Å². The van der Waals surface area contributed by atoms with E-state index in [4.69, 9.17) is 0 Å². The number of nitrogens with zero attached hydrogens (tertiary/aromatic N) is 5. The molecule has 0 radical (unpaired) electrons. The molecule has 0 aliphatic carbocycles. The second-order valence-electron chi connectivity index (χ2n) is 9.84. The standard InChI is InChI=1S/C27H31F2N7/c1-15(2)36-17(4)33-26-21(28)10-20(11-23(26)36)25-22(29)14-32-27(35-25)34-24-8-7-19(13-31-24)16(3)18-6-5-9-30-12-18/h7-8,10-11,13-16,18,30H,5-6,9,12H2,1-4H3,(H,31,32,34,35)/t16-,18-/m1/s1. The van der Waals surface area contributed by atoms with Crippen molar-refractivity contribution in [2.45, 2.75) is 52.5 Å². The number of nitrogens with one attached hydrogen (secondary N) is 2. The van der Waals surface area contributed by atoms with Crippen molar-refractivity contribution < 1.29 is 8.78 Å². The van der Waals surface area contributed by atoms with E-state index in [0.717, 1.165) is 19.3 Å². The van der Waals surface area contributed by atoms with Crippen LogP contribution < -0.4 is 10.6 Å². The lowest BCUT2D eigenvalue weighted by molar-refractivity contribution is 0.334. The minimum atomic E-state index is -0.634. The fourth-order valence-corrected chi connectivity index (χ4v) is 5.13. The summed E-state index contributed by atoms with van der Waals surface area (Å²) < 4.78 is 31.7. The van der Waals surface area contributed by atoms with E-state index in [1.165, 1.54) is 24.5 Å². The number of hydrogen-bond acceptors (Lipinski definition) is 6. The SMILES string of the molecule is Cc1nc2c(F)cc(-c3nc(Nc4ccc([C@H](C)[C@@H]5CCCNC5)cn4)ncc3F)cc2n1C(C)C. The van der Waals surface area contributed by atoms with Crippen LogP contribution in [0.4, 0.5) is 20.5 Å². The lowest BCUT2D eigenvalue weighted by Crippen LogP contribution is -2.32. The molecule has 4 heterocycles. The highest BCUT2D eigenvalue weighted by atomic mass is 19.1. The summed E-state index contributed by atoms with van der Waals surface area (Å²) in [6.07, 6.45) is 5.36. The first-order valence-electron chi connectivity index (χ1n) is 12.5. The molecular weight excluding hydrogens is 460 g/mol. The van der Waals surface area contributed by atoms with Crippen LogP contribution in [0.15, 0.2) is 36.7 Å². The van der Waals surface area contributed by atoms with Crippen LogP contribution in [0.5, 0.6) is 0 Å². The Labute approximate surface area is 209 Å². The van der Waals surface area contributed by atoms with E-state index in [0.29, 0.717) is 34.6 Å². The first-order chi connectivity index (χ1) is 17.3. The molecule has 0 spiro atoms. The molecule has 2 atom stereocenters. The van der Waals surface area contributed by atoms with E-state index in [9.17, 15) is 8.78 Å². The number of hydrogen-bond donors (Lipinski definition) is 2. The summed E-state index contributed by atoms with van der Waals surface area (Å²) in [7, 11) is 0. The average Bonchev–Trinajstić information content (AvgIpc) is 3.22. The van der Waals surface area contributed by atoms with Gasteiger partial charge in [0.25, 0.3) is 0 Å². The van der Waals surface area contributed by atoms with E-state index in [-0.39, 0.29) is 23.2 Å². The minimum Gasteiger partial charge on any atom is -0.326 e. The number of anilines is 2. The van der Waals surface area contributed by atoms with Crippen LogP contribution in [-0.4, -0.2) is 37.6 Å². The van der Waals surface area contributed by atoms with Crippen molar-refractivity contribution >= 4 is 22.8 Å². The maximum Gasteiger partial charge on any atom is 0.229 e. The van der Waals surface area contributed by atoms with Gasteiger partial charge in [-0.3, -0.25) is 0 Å². The molecule has 1 aliphatic rings. The van der Waals surface area contributed by atoms with E-state index in [1.54, 1.807) is 6.07 Å². The summed E-state index contributed by atoms with van der Waals surface area (Å²) in [6.45, 7) is 10.2. The fourth-order valence-electron chi connectivity index (χ4n) is 5.13. The third-order valence-corrected chi connectivity index (χ3v) is 7.05. The Hall–Kier alpha value is -3.46. The molecule has 1 aliphatic heterocycles. The van der Waals surface area contributed by atoms with Gasteiger partial charge in [0.05, 0.1) is 11.7 Å². The predicted molar refractivity (Wildman–Crippen MR) is 137 cm³/mol. The second kappa shape index (κ2) is 9.89. The van der Waals surface area contributed by atoms with E-state index in [1.807, 2.05) is 37.6 Å². The number of rotatable bonds is 6. The Bertz CT molecular complexity index is 1380. The number of benzene rings is 1. The number of imidazole rings is 1. The van der Waals surface area contributed by atoms with Gasteiger partial charge in [-0.1, -0.05) is 13.0 Å². The van der Waals surface area contributed by atoms with Crippen molar-refractivity contribution in [3.8, 4) is 11.3 Å². The molecule has 0 unspecified atom stereocenters. The third kappa shape index (κ3) is 4.67. The number of aryl methyl sites for hydroxylation is 1. The maximum atomic E-state index is 14.9. The van der Waals surface area contributed by atoms with Gasteiger partial charge in [0.1, 0.15) is 22.9 Å². The van der Waals surface area contributed by atoms with Crippen molar-refractivity contribution in [1.29, 1.82) is 0 Å². The summed E-state index contributed by atoms with van der Waals surface area (Å²) >= 11 is 0. The zero-order chi connectivity index (χ0) is 25.4. The van der Waals surface area contributed by atoms with Crippen molar-refractivity contribution in [2.24, 2.45) is 5.92 Å². The highest BCUT2D eigenvalue weighted by molar-refractivity contribution is 5.83. The van der Waals surface area contributed by atoms with Gasteiger partial charge in [-0.05, 0) is 82.3 Å². The zero-order valence-electron chi connectivity index (χ0n) is 21.0. The van der Waals surface area contributed by atoms with Crippen molar-refractivity contribution in [3.63, 3.8) is 0 Å². The van der Waals surface area contributed by atoms with Gasteiger partial charge in [-0.15, -0.1) is 0 Å². The molecule has 2 N–H and O–H groups in total. The van der Waals surface area contributed by atoms with E-state index in [2.05, 4.69) is 43.6 Å². The van der Waals surface area contributed by atoms with E-state index < -0.39 is 11.6 Å². The molecular formula is C27H31F2N7. The normalized spacial score (nSPS) is 17.0. The summed E-state index contributed by atoms with van der Waals surface area (Å²) in [5.41, 5.74) is 2.38. The molecule has 5 rings (SSSR count). The summed E-state index contributed by atoms with van der Waals surface area (Å²) in [6, 6.07) is 7.00. The topological polar surface area (TPSA) is 80.6 Å². The molecule has 1 aromatic carbocycles. The minimum absolute atomic E-state index is 0.0116. The number of pyridine rings is 1. The van der Waals surface area contributed by atoms with Crippen molar-refractivity contribution in [2.75, 3.05) is 18.4 Å². The van der Waals surface area contributed by atoms with Gasteiger partial charge in [0, 0.05) is 17.8 Å². The Morgan fingerprint density at radius 2 is 1.89 bits per heavy atom. The number of halogens is 2. The molecule has 7 nitrogen and oxygen atoms in total. The maximum absolute atomic E-state index is 14.9. The van der Waals surface area contributed by atoms with Crippen LogP contribution in [0.25, 0.3) is 22.3 Å². The lowest BCUT2D eigenvalue weighted by Gasteiger charge is -2.28. The third-order valence-electron chi connectivity index (χ3n) is 7.05. The highest BCUT2D eigenvalue weighted by Gasteiger charge is 2.22. The predicted octanol–water partition coefficient (Wildman–Crippen LogP) is 5.90. The Morgan fingerprint density at radius 1 is 1.06 bits per heavy atom. The Kier molecular flexibility index (Phi) is 6.66. The fraction of sp³-hybridized carbons (Fsp3) is 0.407. The van der Waals surface area contributed by atoms with Crippen LogP contribution in [0.2, 0.25) is 0 Å². The number of piperidine rings is 1. The highest BCUT2D eigenvalue weighted by Crippen LogP contribution is 2.31. The lowest BCUT2D eigenvalue weighted by atomic mass is 9.83. The van der Waals surface area contributed by atoms with Gasteiger partial charge >= 0.3 is 0 Å². The summed E-state index contributed by atoms with van der Waals surface area (Å²) in [5.74, 6) is 1.29. The number of fused-ring (bicyclic) bond motifs is 1. The first-order valence-corrected chi connectivity index (χ1v) is 12.5. The molecule has 9 heteroatoms. The van der Waals surface area contributed by atoms with Crippen LogP contribution in [0.1, 0.15) is 57.0 Å². The molecule has 0 bridgehead atoms. The van der Waals surface area contributed by atoms with Gasteiger partial charge < -0.3 is 15.2 Å². The molecule has 0 amide bonds. The molecule has 1 saturated heterocycles. The molecule has 1 fully saturated rings. The summed E-state index contributed by atoms with van der Waals surface area (Å²) in [4.78, 5) is 17.3. The largest absolute Gasteiger partial charge is 0.326 e. The van der Waals surface area contributed by atoms with Gasteiger partial charge in [0.2, 0.25) is 5.95 Å². The van der Waals surface area contributed by atoms with Crippen LogP contribution in [-0.2, 0) is 0 Å². The van der Waals surface area contributed by atoms with Crippen LogP contribution >= 0.6 is 0 Å². The zero-order valence-corrected chi connectivity index (χ0v) is 21.0. The van der Waals surface area contributed by atoms with E-state index >= 15 is 0 Å². The van der Waals surface area contributed by atoms with Gasteiger partial charge in [0.15, 0.2) is 11.6 Å². The first kappa shape index (κ1) is 24.2. The Balaban J connectivity index is 1.41. The molecule has 0 saturated carbocycles. The van der Waals surface area contributed by atoms with Crippen LogP contribution in [0.3, 0.4) is 0 Å². The molecule has 3 aromatic heterocycles. The Morgan fingerprint density at radius 3 is 2.58 bits per heavy atom. The van der Waals surface area contributed by atoms with Gasteiger partial charge in [-0.25, -0.2) is 28.7 Å². The molecule has 188 valence electrons. The van der Waals surface area contributed by atoms with Crippen molar-refractivity contribution in [1.82, 2.24) is 29.8 Å². The monoisotopic (exact) mass is 491 g/mol. The quantitative estimate of drug-likeness (QED) is 0.349.